The predicted molar refractivity (Wildman–Crippen MR) is 147 cm³/mol. The van der Waals surface area contributed by atoms with Gasteiger partial charge < -0.3 is 25.1 Å². The second-order valence-corrected chi connectivity index (χ2v) is 9.09. The highest BCUT2D eigenvalue weighted by atomic mass is 32.1. The minimum Gasteiger partial charge on any atom is -0.478 e. The largest absolute Gasteiger partial charge is 0.478 e. The fourth-order valence-electron chi connectivity index (χ4n) is 4.07. The summed E-state index contributed by atoms with van der Waals surface area (Å²) < 4.78 is 8.36. The van der Waals surface area contributed by atoms with E-state index in [0.29, 0.717) is 34.3 Å². The number of nitrogens with one attached hydrogen (secondary N) is 2. The lowest BCUT2D eigenvalue weighted by molar-refractivity contribution is 0.0698. The first-order chi connectivity index (χ1) is 16.7. The second kappa shape index (κ2) is 9.76. The minimum atomic E-state index is -1.02. The molecule has 0 aromatic heterocycles. The number of carboxylic acids is 1. The number of hydrogen-bond acceptors (Lipinski definition) is 4. The molecular weight excluding hydrogens is 460 g/mol. The number of carboxylic acid groups (broad SMARTS) is 1. The van der Waals surface area contributed by atoms with E-state index in [1.54, 1.807) is 6.07 Å². The van der Waals surface area contributed by atoms with Gasteiger partial charge in [0, 0.05) is 60.7 Å². The fourth-order valence-corrected chi connectivity index (χ4v) is 4.33. The SMILES string of the molecule is CCNC(=S)Nc1ccc(-c2c3ccc(=[N+](C)C)cc-3oc3cc(N(C)C)ccc23)c(C(=O)O)c1. The number of fused-ring (bicyclic) bond motifs is 2. The summed E-state index contributed by atoms with van der Waals surface area (Å²) >= 11 is 5.27. The van der Waals surface area contributed by atoms with Gasteiger partial charge in [-0.25, -0.2) is 9.37 Å². The molecule has 180 valence electrons. The normalized spacial score (nSPS) is 10.9. The van der Waals surface area contributed by atoms with Gasteiger partial charge in [0.15, 0.2) is 5.11 Å². The van der Waals surface area contributed by atoms with E-state index < -0.39 is 5.97 Å². The van der Waals surface area contributed by atoms with Gasteiger partial charge in [-0.1, -0.05) is 6.07 Å². The van der Waals surface area contributed by atoms with Crippen LogP contribution in [-0.4, -0.2) is 50.9 Å². The van der Waals surface area contributed by atoms with E-state index in [1.165, 1.54) is 0 Å². The van der Waals surface area contributed by atoms with Gasteiger partial charge in [-0.15, -0.1) is 0 Å². The van der Waals surface area contributed by atoms with E-state index in [-0.39, 0.29) is 5.56 Å². The molecule has 1 aliphatic heterocycles. The van der Waals surface area contributed by atoms with Gasteiger partial charge in [0.25, 0.3) is 0 Å². The quantitative estimate of drug-likeness (QED) is 0.219. The van der Waals surface area contributed by atoms with Gasteiger partial charge in [-0.2, -0.15) is 0 Å². The van der Waals surface area contributed by atoms with E-state index in [2.05, 4.69) is 10.6 Å². The van der Waals surface area contributed by atoms with Crippen LogP contribution in [0.4, 0.5) is 11.4 Å². The lowest BCUT2D eigenvalue weighted by Gasteiger charge is -2.19. The Morgan fingerprint density at radius 3 is 2.46 bits per heavy atom. The molecule has 1 aliphatic carbocycles. The van der Waals surface area contributed by atoms with Crippen molar-refractivity contribution in [1.29, 1.82) is 0 Å². The van der Waals surface area contributed by atoms with Crippen LogP contribution >= 0.6 is 12.2 Å². The highest BCUT2D eigenvalue weighted by Crippen LogP contribution is 2.42. The number of nitrogens with zero attached hydrogens (tertiary/aromatic N) is 2. The third-order valence-electron chi connectivity index (χ3n) is 5.84. The molecule has 0 bridgehead atoms. The zero-order chi connectivity index (χ0) is 25.3. The van der Waals surface area contributed by atoms with Crippen LogP contribution in [0.3, 0.4) is 0 Å². The zero-order valence-electron chi connectivity index (χ0n) is 20.5. The number of rotatable bonds is 5. The predicted octanol–water partition coefficient (Wildman–Crippen LogP) is 4.31. The van der Waals surface area contributed by atoms with Crippen molar-refractivity contribution in [2.45, 2.75) is 6.92 Å². The maximum absolute atomic E-state index is 12.4. The molecule has 0 unspecified atom stereocenters. The van der Waals surface area contributed by atoms with Crippen molar-refractivity contribution >= 4 is 45.6 Å². The van der Waals surface area contributed by atoms with Crippen LogP contribution < -0.4 is 25.5 Å². The molecule has 1 heterocycles. The number of aromatic carboxylic acids is 1. The highest BCUT2D eigenvalue weighted by Gasteiger charge is 2.23. The molecule has 4 rings (SSSR count). The van der Waals surface area contributed by atoms with Gasteiger partial charge in [0.1, 0.15) is 25.4 Å². The Morgan fingerprint density at radius 1 is 1.06 bits per heavy atom. The Hall–Kier alpha value is -3.91. The van der Waals surface area contributed by atoms with Crippen molar-refractivity contribution in [1.82, 2.24) is 9.89 Å². The molecule has 0 saturated heterocycles. The molecule has 35 heavy (non-hydrogen) atoms. The smallest absolute Gasteiger partial charge is 0.336 e. The molecule has 0 radical (unpaired) electrons. The molecule has 0 atom stereocenters. The van der Waals surface area contributed by atoms with Crippen LogP contribution in [0.15, 0.2) is 59.0 Å². The van der Waals surface area contributed by atoms with Crippen molar-refractivity contribution in [2.75, 3.05) is 45.0 Å². The first kappa shape index (κ1) is 24.2. The Bertz CT molecular complexity index is 1490. The molecule has 2 aromatic carbocycles. The van der Waals surface area contributed by atoms with Crippen molar-refractivity contribution in [3.63, 3.8) is 0 Å². The fraction of sp³-hybridized carbons (Fsp3) is 0.222. The minimum absolute atomic E-state index is 0.177. The van der Waals surface area contributed by atoms with Crippen LogP contribution in [-0.2, 0) is 0 Å². The maximum Gasteiger partial charge on any atom is 0.336 e. The highest BCUT2D eigenvalue weighted by molar-refractivity contribution is 7.80. The van der Waals surface area contributed by atoms with Gasteiger partial charge in [-0.05, 0) is 55.0 Å². The number of hydrogen-bond donors (Lipinski definition) is 3. The van der Waals surface area contributed by atoms with Crippen molar-refractivity contribution in [3.8, 4) is 22.5 Å². The van der Waals surface area contributed by atoms with E-state index in [1.807, 2.05) is 93.1 Å². The van der Waals surface area contributed by atoms with Gasteiger partial charge >= 0.3 is 5.97 Å². The summed E-state index contributed by atoms with van der Waals surface area (Å²) in [6.07, 6.45) is 0. The Balaban J connectivity index is 2.04. The molecular formula is C27H29N4O3S+. The molecule has 3 N–H and O–H groups in total. The number of benzene rings is 3. The molecule has 8 heteroatoms. The summed E-state index contributed by atoms with van der Waals surface area (Å²) in [6, 6.07) is 17.2. The van der Waals surface area contributed by atoms with Crippen molar-refractivity contribution in [2.24, 2.45) is 0 Å². The summed E-state index contributed by atoms with van der Waals surface area (Å²) in [6.45, 7) is 2.62. The van der Waals surface area contributed by atoms with E-state index >= 15 is 0 Å². The summed E-state index contributed by atoms with van der Waals surface area (Å²) in [5, 5.41) is 18.5. The number of anilines is 2. The van der Waals surface area contributed by atoms with Crippen LogP contribution in [0.1, 0.15) is 17.3 Å². The topological polar surface area (TPSA) is 80.8 Å². The summed E-state index contributed by atoms with van der Waals surface area (Å²) in [4.78, 5) is 14.4. The first-order valence-corrected chi connectivity index (χ1v) is 11.7. The lowest BCUT2D eigenvalue weighted by Crippen LogP contribution is -2.28. The third kappa shape index (κ3) is 4.83. The summed E-state index contributed by atoms with van der Waals surface area (Å²) in [5.74, 6) is -0.337. The Labute approximate surface area is 209 Å². The van der Waals surface area contributed by atoms with Crippen LogP contribution in [0.25, 0.3) is 33.4 Å². The average Bonchev–Trinajstić information content (AvgIpc) is 2.81. The Kier molecular flexibility index (Phi) is 6.75. The number of thiocarbonyl (C=S) groups is 1. The summed E-state index contributed by atoms with van der Waals surface area (Å²) in [7, 11) is 7.89. The number of carbonyl (C=O) groups is 1. The second-order valence-electron chi connectivity index (χ2n) is 8.68. The summed E-state index contributed by atoms with van der Waals surface area (Å²) in [5.41, 5.74) is 4.72. The van der Waals surface area contributed by atoms with Gasteiger partial charge in [-0.3, -0.25) is 0 Å². The monoisotopic (exact) mass is 489 g/mol. The first-order valence-electron chi connectivity index (χ1n) is 11.3. The van der Waals surface area contributed by atoms with Crippen molar-refractivity contribution < 1.29 is 14.3 Å². The van der Waals surface area contributed by atoms with Gasteiger partial charge in [0.05, 0.1) is 11.6 Å². The van der Waals surface area contributed by atoms with Gasteiger partial charge in [0.2, 0.25) is 5.36 Å². The van der Waals surface area contributed by atoms with E-state index in [9.17, 15) is 9.90 Å². The third-order valence-corrected chi connectivity index (χ3v) is 6.08. The van der Waals surface area contributed by atoms with Crippen molar-refractivity contribution in [3.05, 3.63) is 65.5 Å². The molecule has 2 aliphatic rings. The zero-order valence-corrected chi connectivity index (χ0v) is 21.3. The van der Waals surface area contributed by atoms with E-state index in [4.69, 9.17) is 16.6 Å². The van der Waals surface area contributed by atoms with Crippen LogP contribution in [0.2, 0.25) is 0 Å². The van der Waals surface area contributed by atoms with Crippen LogP contribution in [0.5, 0.6) is 0 Å². The molecule has 7 nitrogen and oxygen atoms in total. The molecule has 0 spiro atoms. The molecule has 0 amide bonds. The molecule has 2 aromatic rings. The van der Waals surface area contributed by atoms with E-state index in [0.717, 1.165) is 27.6 Å². The maximum atomic E-state index is 12.4. The molecule has 0 saturated carbocycles. The van der Waals surface area contributed by atoms with Crippen LogP contribution in [0, 0.1) is 0 Å². The Morgan fingerprint density at radius 2 is 1.80 bits per heavy atom. The molecule has 0 fully saturated rings. The lowest BCUT2D eigenvalue weighted by atomic mass is 9.90. The standard InChI is InChI=1S/C27H28N4O3S/c1-6-28-27(35)29-16-7-10-19(22(13-16)26(32)33)25-20-11-8-17(30(2)3)14-23(20)34-24-15-18(31(4)5)9-12-21(24)25/h7-15H,6H2,1-5H3,(H2,28,32,33,35)/p+1. The average molecular weight is 490 g/mol.